The number of nitrogens with one attached hydrogen (secondary N) is 1. The third-order valence-electron chi connectivity index (χ3n) is 3.43. The van der Waals surface area contributed by atoms with E-state index < -0.39 is 0 Å². The minimum atomic E-state index is 0.224. The molecule has 0 saturated heterocycles. The molecule has 19 heavy (non-hydrogen) atoms. The monoisotopic (exact) mass is 263 g/mol. The van der Waals surface area contributed by atoms with Crippen molar-refractivity contribution in [1.29, 1.82) is 0 Å². The van der Waals surface area contributed by atoms with Gasteiger partial charge in [-0.25, -0.2) is 0 Å². The Morgan fingerprint density at radius 3 is 2.74 bits per heavy atom. The maximum absolute atomic E-state index is 6.12. The Hall–Kier alpha value is -1.22. The lowest BCUT2D eigenvalue weighted by Crippen LogP contribution is -2.32. The highest BCUT2D eigenvalue weighted by Gasteiger charge is 2.22. The first kappa shape index (κ1) is 14.2. The molecular formula is C16H25NO2. The fraction of sp³-hybridized carbons (Fsp3) is 0.625. The summed E-state index contributed by atoms with van der Waals surface area (Å²) in [6.07, 6.45) is 5.05. The van der Waals surface area contributed by atoms with Crippen LogP contribution in [-0.4, -0.2) is 25.8 Å². The second kappa shape index (κ2) is 6.80. The van der Waals surface area contributed by atoms with E-state index in [1.54, 1.807) is 7.11 Å². The molecule has 1 aliphatic carbocycles. The molecule has 106 valence electrons. The van der Waals surface area contributed by atoms with Crippen LogP contribution < -0.4 is 14.8 Å². The van der Waals surface area contributed by atoms with Crippen LogP contribution in [-0.2, 0) is 0 Å². The normalized spacial score (nSPS) is 16.2. The fourth-order valence-electron chi connectivity index (χ4n) is 2.16. The van der Waals surface area contributed by atoms with Gasteiger partial charge in [-0.1, -0.05) is 19.4 Å². The summed E-state index contributed by atoms with van der Waals surface area (Å²) in [5.41, 5.74) is 1.19. The zero-order valence-electron chi connectivity index (χ0n) is 12.2. The van der Waals surface area contributed by atoms with Gasteiger partial charge in [0.1, 0.15) is 6.10 Å². The van der Waals surface area contributed by atoms with Crippen LogP contribution >= 0.6 is 0 Å². The number of rotatable bonds is 8. The van der Waals surface area contributed by atoms with Gasteiger partial charge in [0, 0.05) is 12.6 Å². The largest absolute Gasteiger partial charge is 0.493 e. The van der Waals surface area contributed by atoms with Crippen molar-refractivity contribution in [1.82, 2.24) is 5.32 Å². The van der Waals surface area contributed by atoms with E-state index in [-0.39, 0.29) is 6.10 Å². The van der Waals surface area contributed by atoms with Crippen LogP contribution in [0, 0.1) is 6.92 Å². The van der Waals surface area contributed by atoms with Crippen LogP contribution in [0.4, 0.5) is 0 Å². The van der Waals surface area contributed by atoms with E-state index in [9.17, 15) is 0 Å². The molecule has 0 aliphatic heterocycles. The van der Waals surface area contributed by atoms with Gasteiger partial charge in [0.15, 0.2) is 11.5 Å². The summed E-state index contributed by atoms with van der Waals surface area (Å²) < 4.78 is 11.5. The van der Waals surface area contributed by atoms with E-state index in [2.05, 4.69) is 25.2 Å². The highest BCUT2D eigenvalue weighted by Crippen LogP contribution is 2.29. The first-order valence-electron chi connectivity index (χ1n) is 7.27. The number of hydrogen-bond acceptors (Lipinski definition) is 3. The summed E-state index contributed by atoms with van der Waals surface area (Å²) in [5, 5.41) is 3.54. The van der Waals surface area contributed by atoms with E-state index in [1.807, 2.05) is 12.1 Å². The maximum Gasteiger partial charge on any atom is 0.161 e. The van der Waals surface area contributed by atoms with Gasteiger partial charge < -0.3 is 14.8 Å². The standard InChI is InChI=1S/C16H25NO2/c1-4-5-14(11-17-13-7-8-13)19-15-9-6-12(2)10-16(15)18-3/h6,9-10,13-14,17H,4-5,7-8,11H2,1-3H3. The van der Waals surface area contributed by atoms with Crippen LogP contribution in [0.3, 0.4) is 0 Å². The lowest BCUT2D eigenvalue weighted by Gasteiger charge is -2.21. The Balaban J connectivity index is 1.97. The van der Waals surface area contributed by atoms with Crippen LogP contribution in [0.25, 0.3) is 0 Å². The number of hydrogen-bond donors (Lipinski definition) is 1. The number of benzene rings is 1. The van der Waals surface area contributed by atoms with E-state index in [0.29, 0.717) is 0 Å². The van der Waals surface area contributed by atoms with Crippen LogP contribution in [0.5, 0.6) is 11.5 Å². The Labute approximate surface area is 116 Å². The van der Waals surface area contributed by atoms with Gasteiger partial charge in [0.2, 0.25) is 0 Å². The predicted molar refractivity (Wildman–Crippen MR) is 78.1 cm³/mol. The van der Waals surface area contributed by atoms with Crippen molar-refractivity contribution in [3.8, 4) is 11.5 Å². The highest BCUT2D eigenvalue weighted by atomic mass is 16.5. The Kier molecular flexibility index (Phi) is 5.08. The molecule has 3 heteroatoms. The van der Waals surface area contributed by atoms with Crippen molar-refractivity contribution < 1.29 is 9.47 Å². The van der Waals surface area contributed by atoms with Gasteiger partial charge in [-0.2, -0.15) is 0 Å². The Morgan fingerprint density at radius 2 is 2.11 bits per heavy atom. The fourth-order valence-corrected chi connectivity index (χ4v) is 2.16. The molecule has 0 heterocycles. The van der Waals surface area contributed by atoms with Crippen LogP contribution in [0.15, 0.2) is 18.2 Å². The first-order valence-corrected chi connectivity index (χ1v) is 7.27. The van der Waals surface area contributed by atoms with Gasteiger partial charge >= 0.3 is 0 Å². The van der Waals surface area contributed by atoms with E-state index >= 15 is 0 Å². The van der Waals surface area contributed by atoms with E-state index in [0.717, 1.165) is 36.9 Å². The molecule has 1 aromatic carbocycles. The van der Waals surface area contributed by atoms with Crippen LogP contribution in [0.1, 0.15) is 38.2 Å². The third kappa shape index (κ3) is 4.43. The van der Waals surface area contributed by atoms with Gasteiger partial charge in [0.25, 0.3) is 0 Å². The molecule has 0 aromatic heterocycles. The molecule has 1 aromatic rings. The molecule has 1 atom stereocenters. The zero-order chi connectivity index (χ0) is 13.7. The predicted octanol–water partition coefficient (Wildman–Crippen LogP) is 3.30. The average molecular weight is 263 g/mol. The quantitative estimate of drug-likeness (QED) is 0.780. The lowest BCUT2D eigenvalue weighted by atomic mass is 10.2. The summed E-state index contributed by atoms with van der Waals surface area (Å²) in [5.74, 6) is 1.68. The molecule has 2 rings (SSSR count). The topological polar surface area (TPSA) is 30.5 Å². The smallest absolute Gasteiger partial charge is 0.161 e. The summed E-state index contributed by atoms with van der Waals surface area (Å²) in [7, 11) is 1.69. The number of aryl methyl sites for hydroxylation is 1. The molecule has 1 fully saturated rings. The maximum atomic E-state index is 6.12. The summed E-state index contributed by atoms with van der Waals surface area (Å²) in [6.45, 7) is 5.18. The van der Waals surface area contributed by atoms with Crippen LogP contribution in [0.2, 0.25) is 0 Å². The van der Waals surface area contributed by atoms with E-state index in [4.69, 9.17) is 9.47 Å². The van der Waals surface area contributed by atoms with E-state index in [1.165, 1.54) is 18.4 Å². The second-order valence-electron chi connectivity index (χ2n) is 5.37. The summed E-state index contributed by atoms with van der Waals surface area (Å²) in [4.78, 5) is 0. The molecule has 0 amide bonds. The van der Waals surface area contributed by atoms with Gasteiger partial charge in [-0.05, 0) is 43.9 Å². The van der Waals surface area contributed by atoms with Crippen molar-refractivity contribution in [3.05, 3.63) is 23.8 Å². The zero-order valence-corrected chi connectivity index (χ0v) is 12.2. The van der Waals surface area contributed by atoms with Gasteiger partial charge in [-0.15, -0.1) is 0 Å². The average Bonchev–Trinajstić information content (AvgIpc) is 3.22. The third-order valence-corrected chi connectivity index (χ3v) is 3.43. The second-order valence-corrected chi connectivity index (χ2v) is 5.37. The molecule has 0 radical (unpaired) electrons. The highest BCUT2D eigenvalue weighted by molar-refractivity contribution is 5.42. The van der Waals surface area contributed by atoms with Crippen molar-refractivity contribution in [3.63, 3.8) is 0 Å². The molecule has 3 nitrogen and oxygen atoms in total. The molecule has 1 aliphatic rings. The summed E-state index contributed by atoms with van der Waals surface area (Å²) in [6, 6.07) is 6.82. The SMILES string of the molecule is CCCC(CNC1CC1)Oc1ccc(C)cc1OC. The Morgan fingerprint density at radius 1 is 1.32 bits per heavy atom. The molecule has 1 saturated carbocycles. The van der Waals surface area contributed by atoms with Gasteiger partial charge in [0.05, 0.1) is 7.11 Å². The number of ether oxygens (including phenoxy) is 2. The number of methoxy groups -OCH3 is 1. The molecule has 1 unspecified atom stereocenters. The Bertz CT molecular complexity index is 402. The minimum Gasteiger partial charge on any atom is -0.493 e. The first-order chi connectivity index (χ1) is 9.22. The van der Waals surface area contributed by atoms with Gasteiger partial charge in [-0.3, -0.25) is 0 Å². The van der Waals surface area contributed by atoms with Crippen molar-refractivity contribution >= 4 is 0 Å². The lowest BCUT2D eigenvalue weighted by molar-refractivity contribution is 0.178. The van der Waals surface area contributed by atoms with Crippen molar-refractivity contribution in [2.75, 3.05) is 13.7 Å². The minimum absolute atomic E-state index is 0.224. The molecule has 0 bridgehead atoms. The van der Waals surface area contributed by atoms with Crippen molar-refractivity contribution in [2.45, 2.75) is 51.7 Å². The molecular weight excluding hydrogens is 238 g/mol. The summed E-state index contributed by atoms with van der Waals surface area (Å²) >= 11 is 0. The molecule has 0 spiro atoms. The van der Waals surface area contributed by atoms with Crippen molar-refractivity contribution in [2.24, 2.45) is 0 Å². The molecule has 1 N–H and O–H groups in total.